The molecule has 0 aliphatic carbocycles. The molecule has 0 fully saturated rings. The van der Waals surface area contributed by atoms with Gasteiger partial charge in [-0.25, -0.2) is 9.59 Å². The van der Waals surface area contributed by atoms with Crippen LogP contribution < -0.4 is 16.6 Å². The summed E-state index contributed by atoms with van der Waals surface area (Å²) < 4.78 is 6.62. The van der Waals surface area contributed by atoms with E-state index in [1.807, 2.05) is 0 Å². The summed E-state index contributed by atoms with van der Waals surface area (Å²) in [6, 6.07) is 1.14. The molecule has 1 heterocycles. The molecule has 0 saturated heterocycles. The van der Waals surface area contributed by atoms with Crippen molar-refractivity contribution in [1.82, 2.24) is 14.5 Å². The Labute approximate surface area is 119 Å². The van der Waals surface area contributed by atoms with Crippen molar-refractivity contribution in [3.05, 3.63) is 33.1 Å². The number of aromatic nitrogens is 2. The Kier molecular flexibility index (Phi) is 5.03. The van der Waals surface area contributed by atoms with Gasteiger partial charge in [-0.1, -0.05) is 0 Å². The Morgan fingerprint density at radius 2 is 2.05 bits per heavy atom. The summed E-state index contributed by atoms with van der Waals surface area (Å²) in [5.74, 6) is -1.94. The predicted molar refractivity (Wildman–Crippen MR) is 72.0 cm³/mol. The molecule has 0 aromatic carbocycles. The molecule has 21 heavy (non-hydrogen) atoms. The van der Waals surface area contributed by atoms with Crippen LogP contribution in [0.5, 0.6) is 0 Å². The van der Waals surface area contributed by atoms with E-state index in [2.05, 4.69) is 5.32 Å². The van der Waals surface area contributed by atoms with E-state index in [9.17, 15) is 19.2 Å². The Bertz CT molecular complexity index is 662. The summed E-state index contributed by atoms with van der Waals surface area (Å²) in [6.45, 7) is 0.663. The molecule has 1 atom stereocenters. The Morgan fingerprint density at radius 1 is 1.43 bits per heavy atom. The molecule has 0 radical (unpaired) electrons. The molecular weight excluding hydrogens is 282 g/mol. The molecule has 0 bridgehead atoms. The molecule has 116 valence electrons. The lowest BCUT2D eigenvalue weighted by Gasteiger charge is -2.25. The maximum Gasteiger partial charge on any atom is 0.331 e. The maximum absolute atomic E-state index is 11.9. The summed E-state index contributed by atoms with van der Waals surface area (Å²) in [5.41, 5.74) is -2.76. The largest absolute Gasteiger partial charge is 0.479 e. The molecule has 1 aromatic rings. The molecule has 9 heteroatoms. The number of methoxy groups -OCH3 is 1. The number of hydrogen-bond acceptors (Lipinski definition) is 5. The lowest BCUT2D eigenvalue weighted by Crippen LogP contribution is -2.56. The van der Waals surface area contributed by atoms with Crippen LogP contribution in [0.15, 0.2) is 21.9 Å². The summed E-state index contributed by atoms with van der Waals surface area (Å²) in [4.78, 5) is 46.0. The Balaban J connectivity index is 2.92. The molecule has 0 spiro atoms. The van der Waals surface area contributed by atoms with Crippen molar-refractivity contribution in [1.29, 1.82) is 0 Å². The first-order valence-corrected chi connectivity index (χ1v) is 6.01. The van der Waals surface area contributed by atoms with Crippen molar-refractivity contribution in [3.63, 3.8) is 0 Å². The highest BCUT2D eigenvalue weighted by Crippen LogP contribution is 2.04. The van der Waals surface area contributed by atoms with E-state index in [0.29, 0.717) is 0 Å². The molecule has 1 rings (SSSR count). The van der Waals surface area contributed by atoms with E-state index in [4.69, 9.17) is 9.84 Å². The van der Waals surface area contributed by atoms with E-state index >= 15 is 0 Å². The van der Waals surface area contributed by atoms with Gasteiger partial charge in [-0.3, -0.25) is 18.7 Å². The van der Waals surface area contributed by atoms with Crippen molar-refractivity contribution in [2.75, 3.05) is 13.7 Å². The third-order valence-corrected chi connectivity index (χ3v) is 2.89. The number of carbonyl (C=O) groups is 2. The lowest BCUT2D eigenvalue weighted by atomic mass is 10.0. The minimum absolute atomic E-state index is 0.226. The fourth-order valence-electron chi connectivity index (χ4n) is 1.68. The number of rotatable bonds is 6. The summed E-state index contributed by atoms with van der Waals surface area (Å²) >= 11 is 0. The van der Waals surface area contributed by atoms with Gasteiger partial charge in [0.1, 0.15) is 6.54 Å². The van der Waals surface area contributed by atoms with E-state index < -0.39 is 35.2 Å². The van der Waals surface area contributed by atoms with Crippen LogP contribution in [0.1, 0.15) is 6.92 Å². The highest BCUT2D eigenvalue weighted by molar-refractivity contribution is 5.86. The van der Waals surface area contributed by atoms with Gasteiger partial charge >= 0.3 is 11.7 Å². The molecule has 2 N–H and O–H groups in total. The summed E-state index contributed by atoms with van der Waals surface area (Å²) in [7, 11) is 2.59. The number of nitrogens with one attached hydrogen (secondary N) is 1. The van der Waals surface area contributed by atoms with E-state index in [1.165, 1.54) is 27.3 Å². The van der Waals surface area contributed by atoms with Crippen LogP contribution in [0, 0.1) is 0 Å². The number of carboxylic acids is 1. The van der Waals surface area contributed by atoms with Gasteiger partial charge in [0.05, 0.1) is 6.61 Å². The van der Waals surface area contributed by atoms with E-state index in [-0.39, 0.29) is 6.61 Å². The van der Waals surface area contributed by atoms with Gasteiger partial charge < -0.3 is 15.2 Å². The first-order valence-electron chi connectivity index (χ1n) is 6.01. The highest BCUT2D eigenvalue weighted by atomic mass is 16.5. The molecular formula is C12H17N3O6. The second-order valence-electron chi connectivity index (χ2n) is 4.74. The molecule has 1 aromatic heterocycles. The van der Waals surface area contributed by atoms with Gasteiger partial charge in [-0.05, 0) is 6.92 Å². The van der Waals surface area contributed by atoms with Crippen LogP contribution in [0.4, 0.5) is 0 Å². The van der Waals surface area contributed by atoms with Crippen molar-refractivity contribution >= 4 is 11.9 Å². The standard InChI is InChI=1S/C12H17N3O6/c1-12(7-21-3,10(18)19)13-8(16)6-15-5-4-9(17)14(2)11(15)20/h4-5H,6-7H2,1-3H3,(H,13,16)(H,18,19). The second kappa shape index (κ2) is 6.35. The number of carbonyl (C=O) groups excluding carboxylic acids is 1. The third-order valence-electron chi connectivity index (χ3n) is 2.89. The average Bonchev–Trinajstić information content (AvgIpc) is 2.39. The normalized spacial score (nSPS) is 13.5. The number of ether oxygens (including phenoxy) is 1. The van der Waals surface area contributed by atoms with Gasteiger partial charge in [0.25, 0.3) is 5.56 Å². The minimum Gasteiger partial charge on any atom is -0.479 e. The van der Waals surface area contributed by atoms with Gasteiger partial charge in [-0.2, -0.15) is 0 Å². The first-order chi connectivity index (χ1) is 9.71. The van der Waals surface area contributed by atoms with Gasteiger partial charge in [0.2, 0.25) is 5.91 Å². The number of amides is 1. The van der Waals surface area contributed by atoms with Crippen molar-refractivity contribution in [2.45, 2.75) is 19.0 Å². The quantitative estimate of drug-likeness (QED) is 0.636. The lowest BCUT2D eigenvalue weighted by molar-refractivity contribution is -0.149. The van der Waals surface area contributed by atoms with Gasteiger partial charge in [0, 0.05) is 26.4 Å². The molecule has 0 aliphatic rings. The smallest absolute Gasteiger partial charge is 0.331 e. The number of aliphatic carboxylic acids is 1. The Morgan fingerprint density at radius 3 is 2.57 bits per heavy atom. The van der Waals surface area contributed by atoms with Crippen LogP contribution in [0.2, 0.25) is 0 Å². The molecule has 0 saturated carbocycles. The number of nitrogens with zero attached hydrogens (tertiary/aromatic N) is 2. The zero-order chi connectivity index (χ0) is 16.2. The molecule has 1 amide bonds. The fraction of sp³-hybridized carbons (Fsp3) is 0.500. The topological polar surface area (TPSA) is 120 Å². The zero-order valence-corrected chi connectivity index (χ0v) is 12.0. The van der Waals surface area contributed by atoms with E-state index in [1.54, 1.807) is 0 Å². The zero-order valence-electron chi connectivity index (χ0n) is 12.0. The fourth-order valence-corrected chi connectivity index (χ4v) is 1.68. The summed E-state index contributed by atoms with van der Waals surface area (Å²) in [6.07, 6.45) is 1.18. The number of carboxylic acid groups (broad SMARTS) is 1. The number of hydrogen-bond donors (Lipinski definition) is 2. The molecule has 0 aliphatic heterocycles. The van der Waals surface area contributed by atoms with Crippen molar-refractivity contribution in [3.8, 4) is 0 Å². The van der Waals surface area contributed by atoms with Crippen molar-refractivity contribution < 1.29 is 19.4 Å². The van der Waals surface area contributed by atoms with Gasteiger partial charge in [0.15, 0.2) is 5.54 Å². The first kappa shape index (κ1) is 16.6. The maximum atomic E-state index is 11.9. The average molecular weight is 299 g/mol. The van der Waals surface area contributed by atoms with Crippen LogP contribution in [-0.2, 0) is 27.9 Å². The Hall–Kier alpha value is -2.42. The third kappa shape index (κ3) is 3.78. The van der Waals surface area contributed by atoms with Crippen LogP contribution in [0.3, 0.4) is 0 Å². The molecule has 1 unspecified atom stereocenters. The summed E-state index contributed by atoms with van der Waals surface area (Å²) in [5, 5.41) is 11.4. The highest BCUT2D eigenvalue weighted by Gasteiger charge is 2.35. The van der Waals surface area contributed by atoms with Crippen LogP contribution in [0.25, 0.3) is 0 Å². The predicted octanol–water partition coefficient (Wildman–Crippen LogP) is -1.85. The van der Waals surface area contributed by atoms with Gasteiger partial charge in [-0.15, -0.1) is 0 Å². The van der Waals surface area contributed by atoms with Crippen LogP contribution >= 0.6 is 0 Å². The molecule has 9 nitrogen and oxygen atoms in total. The van der Waals surface area contributed by atoms with E-state index in [0.717, 1.165) is 15.2 Å². The SMILES string of the molecule is COCC(C)(NC(=O)Cn1ccc(=O)n(C)c1=O)C(=O)O. The minimum atomic E-state index is -1.60. The second-order valence-corrected chi connectivity index (χ2v) is 4.74. The van der Waals surface area contributed by atoms with Crippen LogP contribution in [-0.4, -0.2) is 45.4 Å². The van der Waals surface area contributed by atoms with Crippen molar-refractivity contribution in [2.24, 2.45) is 7.05 Å². The monoisotopic (exact) mass is 299 g/mol.